The van der Waals surface area contributed by atoms with Gasteiger partial charge in [0.25, 0.3) is 5.56 Å². The molecule has 1 aromatic carbocycles. The minimum absolute atomic E-state index is 0.0196. The van der Waals surface area contributed by atoms with Crippen LogP contribution in [0.1, 0.15) is 16.8 Å². The molecule has 110 valence electrons. The molecule has 1 heterocycles. The van der Waals surface area contributed by atoms with Crippen molar-refractivity contribution in [3.63, 3.8) is 0 Å². The summed E-state index contributed by atoms with van der Waals surface area (Å²) in [5.74, 6) is -1.44. The minimum Gasteiger partial charge on any atom is -0.480 e. The molecule has 0 fully saturated rings. The number of anilines is 1. The van der Waals surface area contributed by atoms with E-state index in [0.717, 1.165) is 10.1 Å². The smallest absolute Gasteiger partial charge is 0.323 e. The highest BCUT2D eigenvalue weighted by Gasteiger charge is 2.12. The molecule has 3 N–H and O–H groups in total. The van der Waals surface area contributed by atoms with Gasteiger partial charge in [0, 0.05) is 5.69 Å². The van der Waals surface area contributed by atoms with Crippen LogP contribution in [0.25, 0.3) is 0 Å². The number of pyridine rings is 1. The zero-order valence-electron chi connectivity index (χ0n) is 11.5. The molecule has 0 aliphatic heterocycles. The van der Waals surface area contributed by atoms with Crippen molar-refractivity contribution in [3.8, 4) is 0 Å². The normalized spacial score (nSPS) is 10.6. The van der Waals surface area contributed by atoms with Crippen molar-refractivity contribution in [1.82, 2.24) is 4.57 Å². The van der Waals surface area contributed by atoms with Crippen molar-refractivity contribution in [2.75, 3.05) is 5.73 Å². The molecule has 0 aliphatic carbocycles. The van der Waals surface area contributed by atoms with Gasteiger partial charge in [-0.25, -0.2) is 4.39 Å². The summed E-state index contributed by atoms with van der Waals surface area (Å²) < 4.78 is 14.0. The van der Waals surface area contributed by atoms with E-state index in [2.05, 4.69) is 0 Å². The Kier molecular flexibility index (Phi) is 4.07. The van der Waals surface area contributed by atoms with Gasteiger partial charge in [0.2, 0.25) is 0 Å². The predicted molar refractivity (Wildman–Crippen MR) is 76.7 cm³/mol. The summed E-state index contributed by atoms with van der Waals surface area (Å²) in [5, 5.41) is 8.80. The van der Waals surface area contributed by atoms with Crippen molar-refractivity contribution in [2.45, 2.75) is 19.9 Å². The standard InChI is InChI=1S/C15H15FN2O3/c1-9-6-11(7-10-2-4-12(16)5-3-10)14(17)15(21)18(9)8-13(19)20/h2-6H,7-8,17H2,1H3,(H,19,20). The molecule has 0 unspecified atom stereocenters. The number of carbonyl (C=O) groups is 1. The van der Waals surface area contributed by atoms with E-state index in [9.17, 15) is 14.0 Å². The van der Waals surface area contributed by atoms with E-state index in [1.165, 1.54) is 12.1 Å². The van der Waals surface area contributed by atoms with E-state index in [1.807, 2.05) is 0 Å². The van der Waals surface area contributed by atoms with Crippen LogP contribution in [-0.2, 0) is 17.8 Å². The molecule has 0 radical (unpaired) electrons. The third-order valence-corrected chi connectivity index (χ3v) is 3.23. The van der Waals surface area contributed by atoms with Gasteiger partial charge in [-0.1, -0.05) is 12.1 Å². The van der Waals surface area contributed by atoms with Gasteiger partial charge in [0.05, 0.1) is 0 Å². The van der Waals surface area contributed by atoms with Crippen molar-refractivity contribution in [1.29, 1.82) is 0 Å². The number of carboxylic acids is 1. The van der Waals surface area contributed by atoms with Crippen LogP contribution in [0.3, 0.4) is 0 Å². The van der Waals surface area contributed by atoms with Crippen LogP contribution in [0.4, 0.5) is 10.1 Å². The van der Waals surface area contributed by atoms with Crippen LogP contribution in [-0.4, -0.2) is 15.6 Å². The summed E-state index contributed by atoms with van der Waals surface area (Å²) in [6.07, 6.45) is 0.385. The molecule has 5 nitrogen and oxygen atoms in total. The second-order valence-electron chi connectivity index (χ2n) is 4.81. The first-order chi connectivity index (χ1) is 9.88. The molecule has 0 amide bonds. The first-order valence-electron chi connectivity index (χ1n) is 6.33. The summed E-state index contributed by atoms with van der Waals surface area (Å²) in [6.45, 7) is 1.23. The van der Waals surface area contributed by atoms with Gasteiger partial charge in [0.1, 0.15) is 18.0 Å². The number of aryl methyl sites for hydroxylation is 1. The predicted octanol–water partition coefficient (Wildman–Crippen LogP) is 1.55. The van der Waals surface area contributed by atoms with Crippen molar-refractivity contribution < 1.29 is 14.3 Å². The number of aliphatic carboxylic acids is 1. The second-order valence-corrected chi connectivity index (χ2v) is 4.81. The summed E-state index contributed by atoms with van der Waals surface area (Å²) in [4.78, 5) is 22.9. The molecule has 2 aromatic rings. The molecule has 0 saturated heterocycles. The molecule has 2 rings (SSSR count). The largest absolute Gasteiger partial charge is 0.480 e. The number of hydrogen-bond acceptors (Lipinski definition) is 3. The van der Waals surface area contributed by atoms with Gasteiger partial charge in [-0.05, 0) is 42.7 Å². The lowest BCUT2D eigenvalue weighted by atomic mass is 10.0. The number of nitrogens with zero attached hydrogens (tertiary/aromatic N) is 1. The van der Waals surface area contributed by atoms with Gasteiger partial charge >= 0.3 is 5.97 Å². The molecule has 1 aromatic heterocycles. The van der Waals surface area contributed by atoms with Gasteiger partial charge in [0.15, 0.2) is 0 Å². The highest BCUT2D eigenvalue weighted by atomic mass is 19.1. The van der Waals surface area contributed by atoms with E-state index in [-0.39, 0.29) is 11.5 Å². The molecule has 0 atom stereocenters. The highest BCUT2D eigenvalue weighted by Crippen LogP contribution is 2.15. The van der Waals surface area contributed by atoms with Crippen LogP contribution in [0.2, 0.25) is 0 Å². The van der Waals surface area contributed by atoms with Crippen molar-refractivity contribution >= 4 is 11.7 Å². The fourth-order valence-corrected chi connectivity index (χ4v) is 2.15. The maximum atomic E-state index is 12.9. The average Bonchev–Trinajstić information content (AvgIpc) is 2.43. The van der Waals surface area contributed by atoms with Crippen LogP contribution in [0.5, 0.6) is 0 Å². The molecule has 6 heteroatoms. The topological polar surface area (TPSA) is 85.3 Å². The van der Waals surface area contributed by atoms with Crippen LogP contribution in [0, 0.1) is 12.7 Å². The third-order valence-electron chi connectivity index (χ3n) is 3.23. The molecular weight excluding hydrogens is 275 g/mol. The Balaban J connectivity index is 2.40. The Bertz CT molecular complexity index is 736. The summed E-state index contributed by atoms with van der Waals surface area (Å²) in [5.41, 5.74) is 7.25. The average molecular weight is 290 g/mol. The number of benzene rings is 1. The fourth-order valence-electron chi connectivity index (χ4n) is 2.15. The molecule has 0 bridgehead atoms. The first kappa shape index (κ1) is 14.8. The monoisotopic (exact) mass is 290 g/mol. The summed E-state index contributed by atoms with van der Waals surface area (Å²) >= 11 is 0. The molecule has 0 saturated carbocycles. The number of halogens is 1. The summed E-state index contributed by atoms with van der Waals surface area (Å²) in [6, 6.07) is 7.59. The lowest BCUT2D eigenvalue weighted by Crippen LogP contribution is -2.29. The second kappa shape index (κ2) is 5.78. The SMILES string of the molecule is Cc1cc(Cc2ccc(F)cc2)c(N)c(=O)n1CC(=O)O. The van der Waals surface area contributed by atoms with Crippen LogP contribution in [0.15, 0.2) is 35.1 Å². The number of rotatable bonds is 4. The number of hydrogen-bond donors (Lipinski definition) is 2. The number of nitrogen functional groups attached to an aromatic ring is 1. The Hall–Kier alpha value is -2.63. The van der Waals surface area contributed by atoms with Crippen molar-refractivity contribution in [3.05, 3.63) is 63.3 Å². The quantitative estimate of drug-likeness (QED) is 0.894. The van der Waals surface area contributed by atoms with E-state index < -0.39 is 18.1 Å². The minimum atomic E-state index is -1.11. The Morgan fingerprint density at radius 1 is 1.33 bits per heavy atom. The lowest BCUT2D eigenvalue weighted by molar-refractivity contribution is -0.137. The number of nitrogens with two attached hydrogens (primary N) is 1. The van der Waals surface area contributed by atoms with E-state index in [1.54, 1.807) is 25.1 Å². The maximum absolute atomic E-state index is 12.9. The maximum Gasteiger partial charge on any atom is 0.323 e. The van der Waals surface area contributed by atoms with E-state index >= 15 is 0 Å². The number of aromatic nitrogens is 1. The van der Waals surface area contributed by atoms with Gasteiger partial charge < -0.3 is 10.8 Å². The highest BCUT2D eigenvalue weighted by molar-refractivity contribution is 5.67. The van der Waals surface area contributed by atoms with Gasteiger partial charge in [-0.2, -0.15) is 0 Å². The number of carboxylic acid groups (broad SMARTS) is 1. The van der Waals surface area contributed by atoms with Crippen molar-refractivity contribution in [2.24, 2.45) is 0 Å². The zero-order chi connectivity index (χ0) is 15.6. The van der Waals surface area contributed by atoms with Crippen LogP contribution >= 0.6 is 0 Å². The Morgan fingerprint density at radius 2 is 1.95 bits per heavy atom. The third kappa shape index (κ3) is 3.28. The van der Waals surface area contributed by atoms with E-state index in [0.29, 0.717) is 17.7 Å². The van der Waals surface area contributed by atoms with Gasteiger partial charge in [-0.3, -0.25) is 14.2 Å². The molecule has 21 heavy (non-hydrogen) atoms. The lowest BCUT2D eigenvalue weighted by Gasteiger charge is -2.12. The Morgan fingerprint density at radius 3 is 2.52 bits per heavy atom. The summed E-state index contributed by atoms with van der Waals surface area (Å²) in [7, 11) is 0. The van der Waals surface area contributed by atoms with Crippen LogP contribution < -0.4 is 11.3 Å². The van der Waals surface area contributed by atoms with E-state index in [4.69, 9.17) is 10.8 Å². The molecule has 0 spiro atoms. The first-order valence-corrected chi connectivity index (χ1v) is 6.33. The Labute approximate surface area is 120 Å². The fraction of sp³-hybridized carbons (Fsp3) is 0.200. The zero-order valence-corrected chi connectivity index (χ0v) is 11.5. The molecular formula is C15H15FN2O3. The molecule has 0 aliphatic rings. The van der Waals surface area contributed by atoms with Gasteiger partial charge in [-0.15, -0.1) is 0 Å².